The van der Waals surface area contributed by atoms with Crippen LogP contribution in [0.4, 0.5) is 4.39 Å². The van der Waals surface area contributed by atoms with Crippen LogP contribution in [-0.4, -0.2) is 21.9 Å². The number of rotatable bonds is 3. The average Bonchev–Trinajstić information content (AvgIpc) is 3.13. The highest BCUT2D eigenvalue weighted by molar-refractivity contribution is 7.71. The number of benzene rings is 1. The van der Waals surface area contributed by atoms with Gasteiger partial charge in [-0.3, -0.25) is 9.67 Å². The summed E-state index contributed by atoms with van der Waals surface area (Å²) in [6.45, 7) is 0. The molecule has 1 heterocycles. The fourth-order valence-electron chi connectivity index (χ4n) is 1.97. The summed E-state index contributed by atoms with van der Waals surface area (Å²) in [5.74, 6) is 0.691. The largest absolute Gasteiger partial charge is 0.497 e. The van der Waals surface area contributed by atoms with E-state index >= 15 is 0 Å². The van der Waals surface area contributed by atoms with Crippen LogP contribution in [0, 0.1) is 10.6 Å². The van der Waals surface area contributed by atoms with Crippen molar-refractivity contribution in [3.8, 4) is 17.1 Å². The van der Waals surface area contributed by atoms with Gasteiger partial charge in [-0.1, -0.05) is 0 Å². The van der Waals surface area contributed by atoms with Gasteiger partial charge in [-0.25, -0.2) is 4.39 Å². The molecule has 1 aliphatic carbocycles. The summed E-state index contributed by atoms with van der Waals surface area (Å²) < 4.78 is 21.4. The third-order valence-corrected chi connectivity index (χ3v) is 3.32. The van der Waals surface area contributed by atoms with E-state index in [-0.39, 0.29) is 5.82 Å². The second kappa shape index (κ2) is 4.20. The zero-order chi connectivity index (χ0) is 12.7. The van der Waals surface area contributed by atoms with Crippen molar-refractivity contribution < 1.29 is 9.13 Å². The Hall–Kier alpha value is -1.69. The molecule has 1 aliphatic rings. The van der Waals surface area contributed by atoms with Gasteiger partial charge in [-0.15, -0.1) is 0 Å². The monoisotopic (exact) mass is 265 g/mol. The molecule has 0 saturated heterocycles. The van der Waals surface area contributed by atoms with Crippen LogP contribution in [0.2, 0.25) is 0 Å². The lowest BCUT2D eigenvalue weighted by atomic mass is 10.2. The van der Waals surface area contributed by atoms with Gasteiger partial charge in [0.2, 0.25) is 0 Å². The molecule has 3 rings (SSSR count). The fourth-order valence-corrected chi connectivity index (χ4v) is 2.25. The highest BCUT2D eigenvalue weighted by atomic mass is 32.1. The smallest absolute Gasteiger partial charge is 0.195 e. The van der Waals surface area contributed by atoms with Crippen LogP contribution in [0.5, 0.6) is 5.75 Å². The van der Waals surface area contributed by atoms with E-state index < -0.39 is 0 Å². The highest BCUT2D eigenvalue weighted by Crippen LogP contribution is 2.38. The Bertz CT molecular complexity index is 645. The number of ether oxygens (including phenoxy) is 1. The van der Waals surface area contributed by atoms with Gasteiger partial charge in [-0.05, 0) is 37.2 Å². The van der Waals surface area contributed by atoms with Crippen LogP contribution in [-0.2, 0) is 0 Å². The van der Waals surface area contributed by atoms with Crippen LogP contribution < -0.4 is 4.74 Å². The predicted octanol–water partition coefficient (Wildman–Crippen LogP) is 3.09. The molecule has 0 bridgehead atoms. The summed E-state index contributed by atoms with van der Waals surface area (Å²) in [6.07, 6.45) is 2.14. The maximum Gasteiger partial charge on any atom is 0.195 e. The third-order valence-electron chi connectivity index (χ3n) is 3.03. The number of aromatic amines is 1. The van der Waals surface area contributed by atoms with Crippen molar-refractivity contribution in [3.05, 3.63) is 28.8 Å². The molecule has 1 N–H and O–H groups in total. The fraction of sp³-hybridized carbons (Fsp3) is 0.333. The summed E-state index contributed by atoms with van der Waals surface area (Å²) in [6, 6.07) is 5.09. The molecule has 0 atom stereocenters. The van der Waals surface area contributed by atoms with Gasteiger partial charge < -0.3 is 4.74 Å². The van der Waals surface area contributed by atoms with Crippen LogP contribution in [0.3, 0.4) is 0 Å². The van der Waals surface area contributed by atoms with Crippen molar-refractivity contribution in [1.29, 1.82) is 0 Å². The number of halogens is 1. The number of nitrogens with zero attached hydrogens (tertiary/aromatic N) is 2. The maximum absolute atomic E-state index is 14.0. The second-order valence-corrected chi connectivity index (χ2v) is 4.69. The number of aromatic nitrogens is 3. The van der Waals surface area contributed by atoms with Crippen LogP contribution >= 0.6 is 12.2 Å². The number of methoxy groups -OCH3 is 1. The minimum absolute atomic E-state index is 0.354. The summed E-state index contributed by atoms with van der Waals surface area (Å²) in [5, 5.41) is 6.86. The van der Waals surface area contributed by atoms with E-state index in [0.29, 0.717) is 28.0 Å². The van der Waals surface area contributed by atoms with Crippen molar-refractivity contribution in [2.24, 2.45) is 0 Å². The van der Waals surface area contributed by atoms with E-state index in [9.17, 15) is 4.39 Å². The molecule has 1 saturated carbocycles. The predicted molar refractivity (Wildman–Crippen MR) is 67.6 cm³/mol. The molecular formula is C12H12FN3OS. The first-order valence-electron chi connectivity index (χ1n) is 5.71. The first-order valence-corrected chi connectivity index (χ1v) is 6.12. The molecule has 1 aromatic heterocycles. The molecule has 0 aliphatic heterocycles. The molecule has 1 aromatic carbocycles. The lowest BCUT2D eigenvalue weighted by molar-refractivity contribution is 0.411. The molecule has 2 aromatic rings. The molecule has 0 amide bonds. The van der Waals surface area contributed by atoms with Crippen LogP contribution in [0.25, 0.3) is 11.4 Å². The summed E-state index contributed by atoms with van der Waals surface area (Å²) in [4.78, 5) is 0. The molecule has 94 valence electrons. The molecule has 0 radical (unpaired) electrons. The van der Waals surface area contributed by atoms with E-state index in [1.165, 1.54) is 13.2 Å². The topological polar surface area (TPSA) is 42.8 Å². The standard InChI is InChI=1S/C12H12FN3OS/c1-17-8-4-5-9(10(13)6-8)11-14-15-12(18)16(11)7-2-3-7/h4-7H,2-3H2,1H3,(H,15,18). The quantitative estimate of drug-likeness (QED) is 0.867. The van der Waals surface area contributed by atoms with Gasteiger partial charge in [0.15, 0.2) is 10.6 Å². The van der Waals surface area contributed by atoms with Crippen molar-refractivity contribution >= 4 is 12.2 Å². The molecule has 18 heavy (non-hydrogen) atoms. The molecule has 4 nitrogen and oxygen atoms in total. The lowest BCUT2D eigenvalue weighted by Gasteiger charge is -2.07. The van der Waals surface area contributed by atoms with E-state index in [2.05, 4.69) is 10.2 Å². The van der Waals surface area contributed by atoms with Crippen LogP contribution in [0.15, 0.2) is 18.2 Å². The Labute approximate surface area is 108 Å². The zero-order valence-corrected chi connectivity index (χ0v) is 10.6. The van der Waals surface area contributed by atoms with E-state index in [1.54, 1.807) is 12.1 Å². The number of hydrogen-bond donors (Lipinski definition) is 1. The zero-order valence-electron chi connectivity index (χ0n) is 9.81. The summed E-state index contributed by atoms with van der Waals surface area (Å²) >= 11 is 5.18. The summed E-state index contributed by atoms with van der Waals surface area (Å²) in [7, 11) is 1.51. The minimum Gasteiger partial charge on any atom is -0.497 e. The first-order chi connectivity index (χ1) is 8.70. The Balaban J connectivity index is 2.12. The van der Waals surface area contributed by atoms with Crippen molar-refractivity contribution in [2.45, 2.75) is 18.9 Å². The minimum atomic E-state index is -0.356. The van der Waals surface area contributed by atoms with Gasteiger partial charge in [0.25, 0.3) is 0 Å². The Morgan fingerprint density at radius 2 is 2.28 bits per heavy atom. The molecule has 0 spiro atoms. The first kappa shape index (κ1) is 11.4. The average molecular weight is 265 g/mol. The SMILES string of the molecule is COc1ccc(-c2n[nH]c(=S)n2C2CC2)c(F)c1. The third kappa shape index (κ3) is 1.82. The van der Waals surface area contributed by atoms with Gasteiger partial charge in [0, 0.05) is 12.1 Å². The number of hydrogen-bond acceptors (Lipinski definition) is 3. The van der Waals surface area contributed by atoms with Gasteiger partial charge in [0.1, 0.15) is 11.6 Å². The lowest BCUT2D eigenvalue weighted by Crippen LogP contribution is -1.99. The Morgan fingerprint density at radius 1 is 1.50 bits per heavy atom. The summed E-state index contributed by atoms with van der Waals surface area (Å²) in [5.41, 5.74) is 0.440. The Kier molecular flexibility index (Phi) is 2.66. The van der Waals surface area contributed by atoms with Gasteiger partial charge in [-0.2, -0.15) is 5.10 Å². The van der Waals surface area contributed by atoms with Crippen LogP contribution in [0.1, 0.15) is 18.9 Å². The number of nitrogens with one attached hydrogen (secondary N) is 1. The maximum atomic E-state index is 14.0. The van der Waals surface area contributed by atoms with E-state index in [4.69, 9.17) is 17.0 Å². The molecular weight excluding hydrogens is 253 g/mol. The van der Waals surface area contributed by atoms with Crippen molar-refractivity contribution in [1.82, 2.24) is 14.8 Å². The Morgan fingerprint density at radius 3 is 2.89 bits per heavy atom. The highest BCUT2D eigenvalue weighted by Gasteiger charge is 2.28. The second-order valence-electron chi connectivity index (χ2n) is 4.30. The van der Waals surface area contributed by atoms with Crippen molar-refractivity contribution in [2.75, 3.05) is 7.11 Å². The normalized spacial score (nSPS) is 14.8. The molecule has 1 fully saturated rings. The van der Waals surface area contributed by atoms with E-state index in [0.717, 1.165) is 12.8 Å². The number of H-pyrrole nitrogens is 1. The van der Waals surface area contributed by atoms with Gasteiger partial charge >= 0.3 is 0 Å². The molecule has 6 heteroatoms. The van der Waals surface area contributed by atoms with Crippen molar-refractivity contribution in [3.63, 3.8) is 0 Å². The van der Waals surface area contributed by atoms with E-state index in [1.807, 2.05) is 4.57 Å². The molecule has 0 unspecified atom stereocenters. The van der Waals surface area contributed by atoms with Gasteiger partial charge in [0.05, 0.1) is 12.7 Å².